The number of rotatable bonds is 2. The molecule has 0 amide bonds. The molecule has 6 rings (SSSR count). The van der Waals surface area contributed by atoms with Crippen LogP contribution in [0.3, 0.4) is 0 Å². The van der Waals surface area contributed by atoms with E-state index >= 15 is 0 Å². The smallest absolute Gasteiger partial charge is 0.356 e. The molecular formula is C20H21NO5. The van der Waals surface area contributed by atoms with Gasteiger partial charge in [-0.15, -0.1) is 0 Å². The van der Waals surface area contributed by atoms with Crippen LogP contribution in [0.1, 0.15) is 19.8 Å². The van der Waals surface area contributed by atoms with Crippen molar-refractivity contribution in [1.82, 2.24) is 0 Å². The first-order valence-electron chi connectivity index (χ1n) is 9.78. The number of fused-ring (bicyclic) bond motifs is 13. The molecule has 1 aliphatic heterocycles. The Labute approximate surface area is 151 Å². The molecule has 0 unspecified atom stereocenters. The second-order valence-electron chi connectivity index (χ2n) is 8.71. The Bertz CT molecular complexity index is 800. The number of oxime groups is 1. The molecule has 136 valence electrons. The molecular weight excluding hydrogens is 334 g/mol. The molecule has 0 aromatic rings. The van der Waals surface area contributed by atoms with Crippen molar-refractivity contribution in [3.63, 3.8) is 0 Å². The molecule has 4 saturated carbocycles. The second-order valence-corrected chi connectivity index (χ2v) is 8.71. The van der Waals surface area contributed by atoms with Crippen molar-refractivity contribution in [2.45, 2.75) is 25.9 Å². The number of hydrogen-bond donors (Lipinski definition) is 0. The lowest BCUT2D eigenvalue weighted by Crippen LogP contribution is -2.55. The maximum absolute atomic E-state index is 13.4. The summed E-state index contributed by atoms with van der Waals surface area (Å²) in [5, 5.41) is 4.01. The summed E-state index contributed by atoms with van der Waals surface area (Å²) in [5.41, 5.74) is 0.318. The second kappa shape index (κ2) is 4.84. The van der Waals surface area contributed by atoms with Crippen LogP contribution in [0.15, 0.2) is 17.3 Å². The summed E-state index contributed by atoms with van der Waals surface area (Å²) < 4.78 is 5.12. The fraction of sp³-hybridized carbons (Fsp3) is 0.700. The van der Waals surface area contributed by atoms with Gasteiger partial charge >= 0.3 is 5.97 Å². The minimum absolute atomic E-state index is 0.00572. The Morgan fingerprint density at radius 1 is 1.04 bits per heavy atom. The topological polar surface area (TPSA) is 82.0 Å². The third-order valence-electron chi connectivity index (χ3n) is 7.94. The molecule has 0 spiro atoms. The molecule has 0 aromatic carbocycles. The largest absolute Gasteiger partial charge is 0.461 e. The Morgan fingerprint density at radius 3 is 2.35 bits per heavy atom. The SMILES string of the molecule is CCOC(=O)C1=NO[C@H]2[C@H]3C[C@@H]([C@@H]12)[C@@H]1C(=O)[C@@H]2[C@H](C(=O)[C@H]31)[C@@H]1C=C[C@H]2C1. The number of hydrogen-bond acceptors (Lipinski definition) is 6. The Morgan fingerprint density at radius 2 is 1.69 bits per heavy atom. The normalized spacial score (nSPS) is 51.8. The molecule has 5 aliphatic carbocycles. The van der Waals surface area contributed by atoms with Gasteiger partial charge < -0.3 is 9.57 Å². The molecule has 6 nitrogen and oxygen atoms in total. The number of carbonyl (C=O) groups excluding carboxylic acids is 3. The highest BCUT2D eigenvalue weighted by molar-refractivity contribution is 6.38. The number of Topliss-reactive ketones (excluding diaryl/α,β-unsaturated/α-hetero) is 2. The maximum atomic E-state index is 13.4. The molecule has 0 saturated heterocycles. The van der Waals surface area contributed by atoms with Crippen LogP contribution in [0.2, 0.25) is 0 Å². The fourth-order valence-corrected chi connectivity index (χ4v) is 7.24. The van der Waals surface area contributed by atoms with E-state index in [1.165, 1.54) is 0 Å². The lowest BCUT2D eigenvalue weighted by Gasteiger charge is -2.44. The van der Waals surface area contributed by atoms with E-state index in [0.717, 1.165) is 12.8 Å². The average molecular weight is 355 g/mol. The van der Waals surface area contributed by atoms with Crippen LogP contribution in [0.25, 0.3) is 0 Å². The number of nitrogens with zero attached hydrogens (tertiary/aromatic N) is 1. The predicted molar refractivity (Wildman–Crippen MR) is 88.7 cm³/mol. The van der Waals surface area contributed by atoms with Crippen molar-refractivity contribution in [1.29, 1.82) is 0 Å². The van der Waals surface area contributed by atoms with E-state index in [1.54, 1.807) is 6.92 Å². The number of allylic oxidation sites excluding steroid dienone is 2. The third-order valence-corrected chi connectivity index (χ3v) is 7.94. The van der Waals surface area contributed by atoms with Gasteiger partial charge in [0.1, 0.15) is 17.7 Å². The zero-order valence-electron chi connectivity index (χ0n) is 14.5. The highest BCUT2D eigenvalue weighted by Crippen LogP contribution is 2.65. The van der Waals surface area contributed by atoms with Crippen LogP contribution in [-0.2, 0) is 24.0 Å². The Kier molecular flexibility index (Phi) is 2.81. The summed E-state index contributed by atoms with van der Waals surface area (Å²) in [7, 11) is 0. The Balaban J connectivity index is 1.37. The van der Waals surface area contributed by atoms with E-state index < -0.39 is 5.97 Å². The number of esters is 1. The lowest BCUT2D eigenvalue weighted by atomic mass is 9.57. The van der Waals surface area contributed by atoms with E-state index in [-0.39, 0.29) is 77.5 Å². The van der Waals surface area contributed by atoms with Gasteiger partial charge in [0.15, 0.2) is 5.71 Å². The number of ether oxygens (including phenoxy) is 1. The molecule has 4 fully saturated rings. The quantitative estimate of drug-likeness (QED) is 0.552. The van der Waals surface area contributed by atoms with Gasteiger partial charge in [0.25, 0.3) is 0 Å². The zero-order valence-corrected chi connectivity index (χ0v) is 14.5. The van der Waals surface area contributed by atoms with Gasteiger partial charge in [0.05, 0.1) is 12.5 Å². The van der Waals surface area contributed by atoms with Crippen LogP contribution in [0.4, 0.5) is 0 Å². The van der Waals surface area contributed by atoms with Gasteiger partial charge in [-0.25, -0.2) is 4.79 Å². The van der Waals surface area contributed by atoms with Gasteiger partial charge in [-0.3, -0.25) is 9.59 Å². The predicted octanol–water partition coefficient (Wildman–Crippen LogP) is 1.39. The van der Waals surface area contributed by atoms with Crippen molar-refractivity contribution < 1.29 is 24.0 Å². The maximum Gasteiger partial charge on any atom is 0.356 e. The van der Waals surface area contributed by atoms with Gasteiger partial charge in [0.2, 0.25) is 0 Å². The van der Waals surface area contributed by atoms with Crippen LogP contribution in [0, 0.1) is 53.3 Å². The monoisotopic (exact) mass is 355 g/mol. The molecule has 6 aliphatic rings. The number of carbonyl (C=O) groups is 3. The van der Waals surface area contributed by atoms with Gasteiger partial charge in [-0.05, 0) is 37.5 Å². The van der Waals surface area contributed by atoms with Crippen LogP contribution in [-0.4, -0.2) is 36.0 Å². The summed E-state index contributed by atoms with van der Waals surface area (Å²) in [5.74, 6) is -0.389. The first kappa shape index (κ1) is 15.1. The standard InChI is InChI=1S/C20H21NO5/c1-2-25-20(24)16-15-9-6-10(19(15)26-21-16)14-13(9)17(22)11-7-3-4-8(5-7)12(11)18(14)23/h3-4,7-15,19H,2,5-6H2,1H3/t7-,8+,9+,10-,11-,12+,13-,14+,15-,19-/m0/s1. The molecule has 0 aromatic heterocycles. The molecule has 26 heavy (non-hydrogen) atoms. The van der Waals surface area contributed by atoms with Crippen molar-refractivity contribution in [3.8, 4) is 0 Å². The van der Waals surface area contributed by atoms with Crippen LogP contribution < -0.4 is 0 Å². The first-order valence-corrected chi connectivity index (χ1v) is 9.78. The summed E-state index contributed by atoms with van der Waals surface area (Å²) in [6.45, 7) is 2.04. The first-order chi connectivity index (χ1) is 12.6. The van der Waals surface area contributed by atoms with E-state index in [2.05, 4.69) is 17.3 Å². The van der Waals surface area contributed by atoms with Crippen LogP contribution in [0.5, 0.6) is 0 Å². The van der Waals surface area contributed by atoms with Crippen molar-refractivity contribution in [2.75, 3.05) is 6.61 Å². The summed E-state index contributed by atoms with van der Waals surface area (Å²) in [6, 6.07) is 0. The highest BCUT2D eigenvalue weighted by atomic mass is 16.6. The lowest BCUT2D eigenvalue weighted by molar-refractivity contribution is -0.154. The van der Waals surface area contributed by atoms with Crippen molar-refractivity contribution >= 4 is 23.2 Å². The Hall–Kier alpha value is -1.98. The van der Waals surface area contributed by atoms with Crippen molar-refractivity contribution in [2.24, 2.45) is 58.4 Å². The van der Waals surface area contributed by atoms with E-state index in [9.17, 15) is 14.4 Å². The molecule has 4 bridgehead atoms. The fourth-order valence-electron chi connectivity index (χ4n) is 7.24. The van der Waals surface area contributed by atoms with Crippen molar-refractivity contribution in [3.05, 3.63) is 12.2 Å². The third kappa shape index (κ3) is 1.56. The van der Waals surface area contributed by atoms with E-state index in [0.29, 0.717) is 5.71 Å². The van der Waals surface area contributed by atoms with Gasteiger partial charge in [-0.1, -0.05) is 17.3 Å². The molecule has 1 heterocycles. The minimum Gasteiger partial charge on any atom is -0.461 e. The minimum atomic E-state index is -0.445. The summed E-state index contributed by atoms with van der Waals surface area (Å²) in [6.07, 6.45) is 5.76. The zero-order chi connectivity index (χ0) is 17.7. The number of ketones is 2. The summed E-state index contributed by atoms with van der Waals surface area (Å²) >= 11 is 0. The molecule has 0 N–H and O–H groups in total. The van der Waals surface area contributed by atoms with E-state index in [4.69, 9.17) is 9.57 Å². The molecule has 0 radical (unpaired) electrons. The van der Waals surface area contributed by atoms with Gasteiger partial charge in [0, 0.05) is 29.6 Å². The van der Waals surface area contributed by atoms with Gasteiger partial charge in [-0.2, -0.15) is 0 Å². The van der Waals surface area contributed by atoms with E-state index in [1.807, 2.05) is 0 Å². The molecule has 6 heteroatoms. The molecule has 10 atom stereocenters. The average Bonchev–Trinajstić information content (AvgIpc) is 3.41. The van der Waals surface area contributed by atoms with Crippen LogP contribution >= 0.6 is 0 Å². The summed E-state index contributed by atoms with van der Waals surface area (Å²) in [4.78, 5) is 44.6. The highest BCUT2D eigenvalue weighted by Gasteiger charge is 2.72.